The fourth-order valence-corrected chi connectivity index (χ4v) is 8.95. The summed E-state index contributed by atoms with van der Waals surface area (Å²) in [7, 11) is 0. The number of esters is 4. The van der Waals surface area contributed by atoms with Gasteiger partial charge < -0.3 is 18.9 Å². The molecule has 2 aromatic rings. The highest BCUT2D eigenvalue weighted by atomic mass is 16.6. The molecule has 72 heavy (non-hydrogen) atoms. The van der Waals surface area contributed by atoms with E-state index in [1.165, 1.54) is 166 Å². The second-order valence-electron chi connectivity index (χ2n) is 20.3. The Morgan fingerprint density at radius 1 is 0.333 bits per heavy atom. The molecule has 9 nitrogen and oxygen atoms in total. The van der Waals surface area contributed by atoms with E-state index in [1.807, 2.05) is 0 Å². The van der Waals surface area contributed by atoms with Crippen LogP contribution in [-0.4, -0.2) is 29.7 Å². The maximum absolute atomic E-state index is 14.0. The maximum atomic E-state index is 14.0. The first-order valence-electron chi connectivity index (χ1n) is 29.5. The van der Waals surface area contributed by atoms with E-state index in [9.17, 15) is 24.0 Å². The summed E-state index contributed by atoms with van der Waals surface area (Å²) in [6.45, 7) is 8.88. The van der Waals surface area contributed by atoms with Crippen LogP contribution >= 0.6 is 0 Å². The number of carbonyl (C=O) groups is 5. The van der Waals surface area contributed by atoms with E-state index in [1.54, 1.807) is 24.3 Å². The fraction of sp³-hybridized carbons (Fsp3) is 0.698. The average molecular weight is 1000 g/mol. The van der Waals surface area contributed by atoms with Gasteiger partial charge in [0.2, 0.25) is 0 Å². The molecule has 0 aromatic heterocycles. The molecule has 0 unspecified atom stereocenters. The van der Waals surface area contributed by atoms with Gasteiger partial charge >= 0.3 is 23.9 Å². The third-order valence-electron chi connectivity index (χ3n) is 13.5. The predicted octanol–water partition coefficient (Wildman–Crippen LogP) is 18.9. The highest BCUT2D eigenvalue weighted by Crippen LogP contribution is 2.30. The zero-order valence-corrected chi connectivity index (χ0v) is 46.1. The van der Waals surface area contributed by atoms with Crippen LogP contribution < -0.4 is 18.9 Å². The van der Waals surface area contributed by atoms with Crippen molar-refractivity contribution in [3.8, 4) is 23.0 Å². The van der Waals surface area contributed by atoms with Gasteiger partial charge in [-0.1, -0.05) is 233 Å². The molecule has 2 rings (SSSR count). The van der Waals surface area contributed by atoms with Crippen LogP contribution in [-0.2, 0) is 19.2 Å². The molecule has 0 saturated heterocycles. The van der Waals surface area contributed by atoms with Crippen LogP contribution in [0.25, 0.3) is 6.08 Å². The largest absolute Gasteiger partial charge is 0.426 e. The van der Waals surface area contributed by atoms with Crippen molar-refractivity contribution in [2.24, 2.45) is 0 Å². The van der Waals surface area contributed by atoms with Crippen molar-refractivity contribution >= 4 is 35.7 Å². The minimum Gasteiger partial charge on any atom is -0.426 e. The number of ether oxygens (including phenoxy) is 4. The Morgan fingerprint density at radius 2 is 0.611 bits per heavy atom. The summed E-state index contributed by atoms with van der Waals surface area (Å²) < 4.78 is 23.2. The van der Waals surface area contributed by atoms with Crippen molar-refractivity contribution in [3.05, 3.63) is 53.6 Å². The Kier molecular flexibility index (Phi) is 39.2. The molecule has 0 amide bonds. The number of allylic oxidation sites excluding steroid dienone is 1. The van der Waals surface area contributed by atoms with Gasteiger partial charge in [0.1, 0.15) is 23.0 Å². The van der Waals surface area contributed by atoms with E-state index in [0.29, 0.717) is 24.8 Å². The van der Waals surface area contributed by atoms with Crippen LogP contribution in [0.3, 0.4) is 0 Å². The van der Waals surface area contributed by atoms with Crippen LogP contribution in [0.1, 0.15) is 300 Å². The minimum atomic E-state index is -0.461. The van der Waals surface area contributed by atoms with Crippen molar-refractivity contribution in [3.63, 3.8) is 0 Å². The first kappa shape index (κ1) is 63.8. The monoisotopic (exact) mass is 1000 g/mol. The number of carbonyl (C=O) groups excluding carboxylic acids is 5. The number of ketones is 1. The number of hydrogen-bond acceptors (Lipinski definition) is 9. The summed E-state index contributed by atoms with van der Waals surface area (Å²) in [4.78, 5) is 66.3. The van der Waals surface area contributed by atoms with Gasteiger partial charge in [-0.25, -0.2) is 0 Å². The van der Waals surface area contributed by atoms with E-state index < -0.39 is 17.7 Å². The Hall–Kier alpha value is -4.27. The summed E-state index contributed by atoms with van der Waals surface area (Å²) in [5, 5.41) is 0. The van der Waals surface area contributed by atoms with Crippen LogP contribution in [0.15, 0.2) is 42.5 Å². The van der Waals surface area contributed by atoms with Crippen LogP contribution in [0.5, 0.6) is 23.0 Å². The highest BCUT2D eigenvalue weighted by Gasteiger charge is 2.18. The van der Waals surface area contributed by atoms with E-state index in [-0.39, 0.29) is 59.8 Å². The van der Waals surface area contributed by atoms with Crippen LogP contribution in [0.2, 0.25) is 0 Å². The zero-order chi connectivity index (χ0) is 52.1. The number of unbranched alkanes of at least 4 members (excludes halogenated alkanes) is 32. The molecule has 9 heteroatoms. The molecule has 0 bridgehead atoms. The molecule has 0 radical (unpaired) electrons. The molecule has 0 saturated carbocycles. The molecule has 2 aromatic carbocycles. The zero-order valence-electron chi connectivity index (χ0n) is 46.1. The van der Waals surface area contributed by atoms with E-state index in [2.05, 4.69) is 27.7 Å². The second kappa shape index (κ2) is 44.2. The lowest BCUT2D eigenvalue weighted by Crippen LogP contribution is -2.12. The van der Waals surface area contributed by atoms with Gasteiger partial charge in [0.05, 0.1) is 5.56 Å². The molecule has 406 valence electrons. The summed E-state index contributed by atoms with van der Waals surface area (Å²) >= 11 is 0. The Balaban J connectivity index is 2.20. The summed E-state index contributed by atoms with van der Waals surface area (Å²) in [6, 6.07) is 9.33. The molecular weight excluding hydrogens is 901 g/mol. The van der Waals surface area contributed by atoms with Gasteiger partial charge in [-0.05, 0) is 62.1 Å². The lowest BCUT2D eigenvalue weighted by atomic mass is 10.1. The lowest BCUT2D eigenvalue weighted by Gasteiger charge is -2.12. The highest BCUT2D eigenvalue weighted by molar-refractivity contribution is 6.09. The molecule has 0 fully saturated rings. The van der Waals surface area contributed by atoms with Crippen molar-refractivity contribution in [2.45, 2.75) is 285 Å². The normalized spacial score (nSPS) is 11.3. The molecule has 0 aliphatic rings. The first-order valence-corrected chi connectivity index (χ1v) is 29.5. The van der Waals surface area contributed by atoms with Crippen molar-refractivity contribution < 1.29 is 42.9 Å². The molecular formula is C63H100O9. The van der Waals surface area contributed by atoms with Gasteiger partial charge in [-0.3, -0.25) is 24.0 Å². The topological polar surface area (TPSA) is 122 Å². The maximum Gasteiger partial charge on any atom is 0.311 e. The third kappa shape index (κ3) is 33.5. The van der Waals surface area contributed by atoms with Crippen molar-refractivity contribution in [1.82, 2.24) is 0 Å². The molecule has 0 N–H and O–H groups in total. The second-order valence-corrected chi connectivity index (χ2v) is 20.3. The Labute approximate surface area is 438 Å². The number of benzene rings is 2. The minimum absolute atomic E-state index is 0.0146. The van der Waals surface area contributed by atoms with Crippen molar-refractivity contribution in [2.75, 3.05) is 0 Å². The SMILES string of the molecule is CCCCCCCCCCCC(=O)Oc1ccc(C=CC(=O)c2ccc(OC(=O)CCCCCCCCCCC)cc2OC(=O)CCCCCCCCCCC)c(OC(=O)CCCCCCCCCCC)c1. The fourth-order valence-electron chi connectivity index (χ4n) is 8.95. The van der Waals surface area contributed by atoms with Crippen LogP contribution in [0, 0.1) is 0 Å². The van der Waals surface area contributed by atoms with Gasteiger partial charge in [0, 0.05) is 43.4 Å². The summed E-state index contributed by atoms with van der Waals surface area (Å²) in [5.41, 5.74) is 0.560. The number of hydrogen-bond donors (Lipinski definition) is 0. The van der Waals surface area contributed by atoms with Crippen molar-refractivity contribution in [1.29, 1.82) is 0 Å². The van der Waals surface area contributed by atoms with Gasteiger partial charge in [0.15, 0.2) is 5.78 Å². The van der Waals surface area contributed by atoms with Crippen LogP contribution in [0.4, 0.5) is 0 Å². The standard InChI is InChI=1S/C63H100O9/c1-5-9-13-17-21-25-29-33-37-41-60(65)69-54-47-45-53(58(51-54)71-62(67)43-39-35-31-27-23-19-15-11-7-3)46-50-57(64)56-49-48-55(70-61(66)42-38-34-30-26-22-18-14-10-6-2)52-59(56)72-63(68)44-40-36-32-28-24-20-16-12-8-4/h45-52H,5-44H2,1-4H3. The van der Waals surface area contributed by atoms with Gasteiger partial charge in [-0.2, -0.15) is 0 Å². The van der Waals surface area contributed by atoms with Gasteiger partial charge in [0.25, 0.3) is 0 Å². The molecule has 0 spiro atoms. The predicted molar refractivity (Wildman–Crippen MR) is 296 cm³/mol. The molecule has 0 atom stereocenters. The van der Waals surface area contributed by atoms with E-state index >= 15 is 0 Å². The summed E-state index contributed by atoms with van der Waals surface area (Å²) in [5.74, 6) is -1.39. The average Bonchev–Trinajstić information content (AvgIpc) is 3.36. The van der Waals surface area contributed by atoms with Gasteiger partial charge in [-0.15, -0.1) is 0 Å². The van der Waals surface area contributed by atoms with E-state index in [4.69, 9.17) is 18.9 Å². The Bertz CT molecular complexity index is 1780. The molecule has 0 heterocycles. The summed E-state index contributed by atoms with van der Waals surface area (Å²) in [6.07, 6.45) is 44.5. The quantitative estimate of drug-likeness (QED) is 0.0210. The molecule has 0 aliphatic carbocycles. The molecule has 0 aliphatic heterocycles. The first-order chi connectivity index (χ1) is 35.2. The smallest absolute Gasteiger partial charge is 0.311 e. The Morgan fingerprint density at radius 3 is 0.958 bits per heavy atom. The third-order valence-corrected chi connectivity index (χ3v) is 13.5. The van der Waals surface area contributed by atoms with E-state index in [0.717, 1.165) is 77.0 Å². The lowest BCUT2D eigenvalue weighted by molar-refractivity contribution is -0.135. The number of rotatable bonds is 47.